The fourth-order valence-electron chi connectivity index (χ4n) is 5.38. The first-order valence-corrected chi connectivity index (χ1v) is 10.7. The van der Waals surface area contributed by atoms with Crippen LogP contribution in [0.2, 0.25) is 0 Å². The van der Waals surface area contributed by atoms with Gasteiger partial charge >= 0.3 is 0 Å². The standard InChI is InChI=1S/C27H27NO3/c1-29-25-14-20(15-26(30-2)27(25)31-3)22-11-17-7-4-5-9-21(17)23-12-19(13-24(22)23)18-8-6-10-28-16-18/h4-10,13-16,22-24H,11-12H2,1-3H3. The lowest BCUT2D eigenvalue weighted by Crippen LogP contribution is -2.25. The minimum absolute atomic E-state index is 0.336. The summed E-state index contributed by atoms with van der Waals surface area (Å²) in [6.45, 7) is 0. The second-order valence-corrected chi connectivity index (χ2v) is 8.29. The Labute approximate surface area is 183 Å². The summed E-state index contributed by atoms with van der Waals surface area (Å²) in [4.78, 5) is 4.34. The van der Waals surface area contributed by atoms with Crippen molar-refractivity contribution in [2.45, 2.75) is 24.7 Å². The Bertz CT molecular complexity index is 1100. The first-order chi connectivity index (χ1) is 15.2. The van der Waals surface area contributed by atoms with Crippen LogP contribution in [0.4, 0.5) is 0 Å². The third-order valence-corrected chi connectivity index (χ3v) is 6.80. The van der Waals surface area contributed by atoms with E-state index in [9.17, 15) is 0 Å². The first-order valence-electron chi connectivity index (χ1n) is 10.7. The van der Waals surface area contributed by atoms with Crippen LogP contribution in [0.1, 0.15) is 40.5 Å². The molecule has 2 aromatic carbocycles. The highest BCUT2D eigenvalue weighted by molar-refractivity contribution is 5.70. The van der Waals surface area contributed by atoms with Crippen molar-refractivity contribution in [3.8, 4) is 17.2 Å². The van der Waals surface area contributed by atoms with Gasteiger partial charge in [0.1, 0.15) is 0 Å². The van der Waals surface area contributed by atoms with E-state index in [0.717, 1.165) is 12.8 Å². The highest BCUT2D eigenvalue weighted by atomic mass is 16.5. The van der Waals surface area contributed by atoms with Crippen molar-refractivity contribution in [1.29, 1.82) is 0 Å². The maximum absolute atomic E-state index is 5.65. The monoisotopic (exact) mass is 413 g/mol. The molecule has 0 fully saturated rings. The molecule has 4 heteroatoms. The second-order valence-electron chi connectivity index (χ2n) is 8.29. The summed E-state index contributed by atoms with van der Waals surface area (Å²) < 4.78 is 16.9. The van der Waals surface area contributed by atoms with Gasteiger partial charge in [0, 0.05) is 12.4 Å². The predicted molar refractivity (Wildman–Crippen MR) is 122 cm³/mol. The third-order valence-electron chi connectivity index (χ3n) is 6.80. The molecule has 1 aromatic heterocycles. The summed E-state index contributed by atoms with van der Waals surface area (Å²) in [5.74, 6) is 3.27. The van der Waals surface area contributed by atoms with Crippen LogP contribution in [0, 0.1) is 5.92 Å². The van der Waals surface area contributed by atoms with Crippen molar-refractivity contribution < 1.29 is 14.2 Å². The van der Waals surface area contributed by atoms with Crippen LogP contribution < -0.4 is 14.2 Å². The number of rotatable bonds is 5. The molecule has 3 atom stereocenters. The van der Waals surface area contributed by atoms with Gasteiger partial charge in [0.15, 0.2) is 11.5 Å². The van der Waals surface area contributed by atoms with Crippen molar-refractivity contribution in [2.75, 3.05) is 21.3 Å². The summed E-state index contributed by atoms with van der Waals surface area (Å²) >= 11 is 0. The van der Waals surface area contributed by atoms with Crippen molar-refractivity contribution >= 4 is 5.57 Å². The number of ether oxygens (including phenoxy) is 3. The fourth-order valence-corrected chi connectivity index (χ4v) is 5.38. The van der Waals surface area contributed by atoms with Crippen LogP contribution >= 0.6 is 0 Å². The minimum atomic E-state index is 0.336. The molecule has 0 bridgehead atoms. The van der Waals surface area contributed by atoms with E-state index >= 15 is 0 Å². The summed E-state index contributed by atoms with van der Waals surface area (Å²) in [5.41, 5.74) is 6.74. The normalized spacial score (nSPS) is 21.6. The number of hydrogen-bond donors (Lipinski definition) is 0. The lowest BCUT2D eigenvalue weighted by molar-refractivity contribution is 0.321. The highest BCUT2D eigenvalue weighted by Crippen LogP contribution is 2.54. The highest BCUT2D eigenvalue weighted by Gasteiger charge is 2.40. The van der Waals surface area contributed by atoms with Crippen LogP contribution in [-0.2, 0) is 6.42 Å². The lowest BCUT2D eigenvalue weighted by atomic mass is 9.68. The van der Waals surface area contributed by atoms with E-state index in [1.54, 1.807) is 21.3 Å². The molecule has 0 amide bonds. The van der Waals surface area contributed by atoms with E-state index in [1.807, 2.05) is 18.5 Å². The average molecular weight is 414 g/mol. The van der Waals surface area contributed by atoms with Gasteiger partial charge in [-0.2, -0.15) is 0 Å². The summed E-state index contributed by atoms with van der Waals surface area (Å²) in [6.07, 6.45) is 8.32. The topological polar surface area (TPSA) is 40.6 Å². The zero-order valence-corrected chi connectivity index (χ0v) is 18.2. The first kappa shape index (κ1) is 19.7. The number of fused-ring (bicyclic) bond motifs is 3. The molecule has 1 heterocycles. The quantitative estimate of drug-likeness (QED) is 0.543. The molecule has 31 heavy (non-hydrogen) atoms. The van der Waals surface area contributed by atoms with Crippen molar-refractivity contribution in [3.63, 3.8) is 0 Å². The number of nitrogens with zero attached hydrogens (tertiary/aromatic N) is 1. The molecule has 0 spiro atoms. The molecule has 3 aromatic rings. The Morgan fingerprint density at radius 2 is 1.61 bits per heavy atom. The van der Waals surface area contributed by atoms with Crippen LogP contribution in [0.25, 0.3) is 5.57 Å². The molecule has 0 radical (unpaired) electrons. The van der Waals surface area contributed by atoms with Crippen molar-refractivity contribution in [3.05, 3.63) is 89.3 Å². The number of methoxy groups -OCH3 is 3. The zero-order chi connectivity index (χ0) is 21.4. The molecule has 5 rings (SSSR count). The number of pyridine rings is 1. The van der Waals surface area contributed by atoms with E-state index in [0.29, 0.717) is 35.0 Å². The van der Waals surface area contributed by atoms with Gasteiger partial charge in [-0.3, -0.25) is 4.98 Å². The Balaban J connectivity index is 1.62. The Morgan fingerprint density at radius 3 is 2.29 bits per heavy atom. The molecule has 0 N–H and O–H groups in total. The van der Waals surface area contributed by atoms with Crippen LogP contribution in [0.5, 0.6) is 17.2 Å². The van der Waals surface area contributed by atoms with E-state index in [-0.39, 0.29) is 0 Å². The second kappa shape index (κ2) is 8.10. The smallest absolute Gasteiger partial charge is 0.203 e. The molecule has 0 saturated carbocycles. The Kier molecular flexibility index (Phi) is 5.14. The van der Waals surface area contributed by atoms with E-state index in [2.05, 4.69) is 53.5 Å². The maximum atomic E-state index is 5.65. The molecule has 2 aliphatic carbocycles. The molecule has 0 aliphatic heterocycles. The van der Waals surface area contributed by atoms with Gasteiger partial charge in [-0.1, -0.05) is 36.4 Å². The van der Waals surface area contributed by atoms with Crippen LogP contribution in [-0.4, -0.2) is 26.3 Å². The van der Waals surface area contributed by atoms with Gasteiger partial charge in [0.25, 0.3) is 0 Å². The van der Waals surface area contributed by atoms with E-state index < -0.39 is 0 Å². The van der Waals surface area contributed by atoms with Gasteiger partial charge < -0.3 is 14.2 Å². The molecule has 158 valence electrons. The molecule has 2 aliphatic rings. The van der Waals surface area contributed by atoms with Gasteiger partial charge in [0.05, 0.1) is 21.3 Å². The van der Waals surface area contributed by atoms with Gasteiger partial charge in [-0.05, 0) is 76.6 Å². The number of benzene rings is 2. The molecular formula is C27H27NO3. The summed E-state index contributed by atoms with van der Waals surface area (Å²) in [7, 11) is 5.00. The summed E-state index contributed by atoms with van der Waals surface area (Å²) in [5, 5.41) is 0. The van der Waals surface area contributed by atoms with Crippen molar-refractivity contribution in [1.82, 2.24) is 4.98 Å². The Morgan fingerprint density at radius 1 is 0.839 bits per heavy atom. The molecule has 3 unspecified atom stereocenters. The van der Waals surface area contributed by atoms with Gasteiger partial charge in [-0.15, -0.1) is 0 Å². The van der Waals surface area contributed by atoms with Gasteiger partial charge in [-0.25, -0.2) is 0 Å². The average Bonchev–Trinajstić information content (AvgIpc) is 3.29. The van der Waals surface area contributed by atoms with Crippen molar-refractivity contribution in [2.24, 2.45) is 5.92 Å². The zero-order valence-electron chi connectivity index (χ0n) is 18.2. The molecule has 0 saturated heterocycles. The fraction of sp³-hybridized carbons (Fsp3) is 0.296. The lowest BCUT2D eigenvalue weighted by Gasteiger charge is -2.36. The predicted octanol–water partition coefficient (Wildman–Crippen LogP) is 5.63. The van der Waals surface area contributed by atoms with Crippen LogP contribution in [0.3, 0.4) is 0 Å². The third kappa shape index (κ3) is 3.36. The SMILES string of the molecule is COc1cc(C2Cc3ccccc3C3CC(c4cccnc4)=CC23)cc(OC)c1OC. The minimum Gasteiger partial charge on any atom is -0.493 e. The van der Waals surface area contributed by atoms with E-state index in [1.165, 1.54) is 27.8 Å². The number of hydrogen-bond acceptors (Lipinski definition) is 4. The molecule has 4 nitrogen and oxygen atoms in total. The number of aromatic nitrogens is 1. The van der Waals surface area contributed by atoms with Gasteiger partial charge in [0.2, 0.25) is 5.75 Å². The molecular weight excluding hydrogens is 386 g/mol. The number of allylic oxidation sites excluding steroid dienone is 2. The summed E-state index contributed by atoms with van der Waals surface area (Å²) in [6, 6.07) is 17.3. The maximum Gasteiger partial charge on any atom is 0.203 e. The van der Waals surface area contributed by atoms with E-state index in [4.69, 9.17) is 14.2 Å². The Hall–Kier alpha value is -3.27. The largest absolute Gasteiger partial charge is 0.493 e. The van der Waals surface area contributed by atoms with Crippen LogP contribution in [0.15, 0.2) is 67.0 Å².